The largest absolute Gasteiger partial charge is 0.388 e. The van der Waals surface area contributed by atoms with Gasteiger partial charge in [0.2, 0.25) is 0 Å². The van der Waals surface area contributed by atoms with Crippen LogP contribution in [0.25, 0.3) is 0 Å². The van der Waals surface area contributed by atoms with E-state index in [4.69, 9.17) is 0 Å². The van der Waals surface area contributed by atoms with Gasteiger partial charge in [-0.25, -0.2) is 0 Å². The molecule has 0 amide bonds. The summed E-state index contributed by atoms with van der Waals surface area (Å²) in [5.74, 6) is -1.18. The summed E-state index contributed by atoms with van der Waals surface area (Å²) in [4.78, 5) is 74.8. The Kier molecular flexibility index (Phi) is 8.69. The van der Waals surface area contributed by atoms with E-state index in [0.29, 0.717) is 25.7 Å². The van der Waals surface area contributed by atoms with Crippen molar-refractivity contribution < 1.29 is 49.2 Å². The van der Waals surface area contributed by atoms with Crippen LogP contribution in [-0.4, -0.2) is 79.5 Å². The number of ketones is 6. The number of aliphatic hydroxyl groups excluding tert-OH is 2. The molecule has 12 atom stereocenters. The Morgan fingerprint density at radius 1 is 0.635 bits per heavy atom. The minimum Gasteiger partial charge on any atom is -0.388 e. The number of hydrogen-bond acceptors (Lipinski definition) is 10. The second kappa shape index (κ2) is 12.2. The van der Waals surface area contributed by atoms with Crippen molar-refractivity contribution in [1.82, 2.24) is 0 Å². The minimum absolute atomic E-state index is 0.0206. The summed E-state index contributed by atoms with van der Waals surface area (Å²) < 4.78 is 0. The van der Waals surface area contributed by atoms with Gasteiger partial charge in [0.15, 0.2) is 23.1 Å². The Labute approximate surface area is 304 Å². The highest BCUT2D eigenvalue weighted by Gasteiger charge is 2.69. The molecule has 0 aromatic carbocycles. The Morgan fingerprint density at radius 2 is 1.00 bits per heavy atom. The molecule has 8 aliphatic carbocycles. The maximum atomic E-state index is 13.3. The Balaban J connectivity index is 0.000000162. The Morgan fingerprint density at radius 3 is 1.35 bits per heavy atom. The molecular weight excluding hydrogens is 664 g/mol. The van der Waals surface area contributed by atoms with Gasteiger partial charge >= 0.3 is 0 Å². The summed E-state index contributed by atoms with van der Waals surface area (Å²) >= 11 is 0. The topological polar surface area (TPSA) is 183 Å². The molecule has 0 unspecified atom stereocenters. The van der Waals surface area contributed by atoms with Crippen molar-refractivity contribution in [3.8, 4) is 0 Å². The first-order valence-electron chi connectivity index (χ1n) is 19.0. The van der Waals surface area contributed by atoms with Gasteiger partial charge in [0.05, 0.1) is 0 Å². The van der Waals surface area contributed by atoms with Crippen molar-refractivity contribution in [3.05, 3.63) is 47.6 Å². The molecule has 0 saturated heterocycles. The van der Waals surface area contributed by atoms with E-state index in [1.165, 1.54) is 0 Å². The van der Waals surface area contributed by atoms with Crippen LogP contribution in [0.3, 0.4) is 0 Å². The molecule has 0 radical (unpaired) electrons. The molecular formula is C42H52O10. The van der Waals surface area contributed by atoms with Gasteiger partial charge < -0.3 is 20.4 Å². The molecule has 8 rings (SSSR count). The number of aliphatic hydroxyl groups is 4. The van der Waals surface area contributed by atoms with Crippen molar-refractivity contribution in [2.45, 2.75) is 103 Å². The van der Waals surface area contributed by atoms with Crippen LogP contribution in [0.1, 0.15) is 91.9 Å². The van der Waals surface area contributed by atoms with Crippen molar-refractivity contribution in [3.63, 3.8) is 0 Å². The highest BCUT2D eigenvalue weighted by Crippen LogP contribution is 2.67. The van der Waals surface area contributed by atoms with E-state index in [1.54, 1.807) is 24.3 Å². The molecule has 0 bridgehead atoms. The maximum Gasteiger partial charge on any atom is 0.190 e. The van der Waals surface area contributed by atoms with Crippen LogP contribution in [0.4, 0.5) is 0 Å². The smallest absolute Gasteiger partial charge is 0.190 e. The normalized spacial score (nSPS) is 47.1. The van der Waals surface area contributed by atoms with Gasteiger partial charge in [-0.05, 0) is 99.3 Å². The number of Topliss-reactive ketones (excluding diaryl/α,β-unsaturated/α-hetero) is 4. The first-order valence-corrected chi connectivity index (χ1v) is 19.0. The van der Waals surface area contributed by atoms with Gasteiger partial charge in [-0.1, -0.05) is 51.0 Å². The average molecular weight is 717 g/mol. The first kappa shape index (κ1) is 37.1. The van der Waals surface area contributed by atoms with Gasteiger partial charge in [0, 0.05) is 46.3 Å². The van der Waals surface area contributed by atoms with Gasteiger partial charge in [-0.3, -0.25) is 28.8 Å². The lowest BCUT2D eigenvalue weighted by atomic mass is 9.46. The lowest BCUT2D eigenvalue weighted by Gasteiger charge is -2.56. The van der Waals surface area contributed by atoms with Crippen LogP contribution in [0.5, 0.6) is 0 Å². The number of carbonyl (C=O) groups excluding carboxylic acids is 6. The quantitative estimate of drug-likeness (QED) is 0.336. The van der Waals surface area contributed by atoms with Crippen LogP contribution in [-0.2, 0) is 28.8 Å². The number of rotatable bonds is 4. The Bertz CT molecular complexity index is 1660. The molecule has 10 heteroatoms. The van der Waals surface area contributed by atoms with Crippen molar-refractivity contribution in [1.29, 1.82) is 0 Å². The fourth-order valence-corrected chi connectivity index (χ4v) is 13.2. The first-order chi connectivity index (χ1) is 24.3. The molecule has 0 aromatic heterocycles. The molecule has 52 heavy (non-hydrogen) atoms. The maximum absolute atomic E-state index is 13.3. The molecule has 280 valence electrons. The number of fused-ring (bicyclic) bond motifs is 10. The lowest BCUT2D eigenvalue weighted by Crippen LogP contribution is -2.60. The van der Waals surface area contributed by atoms with E-state index in [1.807, 2.05) is 39.8 Å². The van der Waals surface area contributed by atoms with E-state index in [9.17, 15) is 49.2 Å². The molecule has 8 aliphatic rings. The van der Waals surface area contributed by atoms with Crippen LogP contribution < -0.4 is 0 Å². The molecule has 6 saturated carbocycles. The molecule has 10 nitrogen and oxygen atoms in total. The zero-order valence-electron chi connectivity index (χ0n) is 30.7. The van der Waals surface area contributed by atoms with Gasteiger partial charge in [-0.2, -0.15) is 0 Å². The predicted molar refractivity (Wildman–Crippen MR) is 188 cm³/mol. The number of hydrogen-bond donors (Lipinski definition) is 4. The van der Waals surface area contributed by atoms with Crippen LogP contribution >= 0.6 is 0 Å². The summed E-state index contributed by atoms with van der Waals surface area (Å²) in [6.07, 6.45) is 15.6. The summed E-state index contributed by atoms with van der Waals surface area (Å²) in [6, 6.07) is 0. The highest BCUT2D eigenvalue weighted by atomic mass is 16.3. The Hall–Kier alpha value is -3.18. The second-order valence-corrected chi connectivity index (χ2v) is 18.0. The SMILES string of the molecule is C[C@]12C=CC(=O)C=C1CC[C@@H]1[C@@H]2C(=O)C[C@@]2(C)[C@H]1CC[C@]2(O)C(=O)CO.C[C@]12C=CC(=O)C=C1CC[C@@H]1[C@@H]2C(=O)C[C@@]2(C)[C@H]1CC[C@]2(O)C(=O)CO. The molecule has 6 fully saturated rings. The van der Waals surface area contributed by atoms with Gasteiger partial charge in [0.25, 0.3) is 0 Å². The van der Waals surface area contributed by atoms with Crippen molar-refractivity contribution >= 4 is 34.7 Å². The summed E-state index contributed by atoms with van der Waals surface area (Å²) in [6.45, 7) is 6.38. The van der Waals surface area contributed by atoms with Crippen molar-refractivity contribution in [2.24, 2.45) is 57.2 Å². The van der Waals surface area contributed by atoms with E-state index < -0.39 is 57.6 Å². The van der Waals surface area contributed by atoms with Gasteiger partial charge in [0.1, 0.15) is 36.0 Å². The highest BCUT2D eigenvalue weighted by molar-refractivity contribution is 6.03. The molecule has 0 heterocycles. The predicted octanol–water partition coefficient (Wildman–Crippen LogP) is 3.53. The minimum atomic E-state index is -1.62. The van der Waals surface area contributed by atoms with Gasteiger partial charge in [-0.15, -0.1) is 0 Å². The number of allylic oxidation sites excluding steroid dienone is 8. The summed E-state index contributed by atoms with van der Waals surface area (Å²) in [5, 5.41) is 40.9. The fourth-order valence-electron chi connectivity index (χ4n) is 13.2. The van der Waals surface area contributed by atoms with E-state index in [0.717, 1.165) is 36.8 Å². The summed E-state index contributed by atoms with van der Waals surface area (Å²) in [5.41, 5.74) is -3.72. The van der Waals surface area contributed by atoms with E-state index in [2.05, 4.69) is 0 Å². The third-order valence-electron chi connectivity index (χ3n) is 16.0. The van der Waals surface area contributed by atoms with E-state index >= 15 is 0 Å². The average Bonchev–Trinajstić information content (AvgIpc) is 3.53. The van der Waals surface area contributed by atoms with Crippen LogP contribution in [0.15, 0.2) is 47.6 Å². The molecule has 0 aliphatic heterocycles. The zero-order chi connectivity index (χ0) is 37.8. The third-order valence-corrected chi connectivity index (χ3v) is 16.0. The van der Waals surface area contributed by atoms with Crippen LogP contribution in [0, 0.1) is 57.2 Å². The van der Waals surface area contributed by atoms with Crippen molar-refractivity contribution in [2.75, 3.05) is 13.2 Å². The molecule has 0 aromatic rings. The molecule has 0 spiro atoms. The zero-order valence-corrected chi connectivity index (χ0v) is 30.7. The molecule has 4 N–H and O–H groups in total. The lowest BCUT2D eigenvalue weighted by molar-refractivity contribution is -0.169. The standard InChI is InChI=1S/2C21H26O5/c2*1-19-7-5-13(23)9-12(19)3-4-14-15-6-8-21(26,17(25)11-22)20(15,2)10-16(24)18(14)19/h2*5,7,9,14-15,18,22,26H,3-4,6,8,10-11H2,1-2H3/t2*14-,15-,18+,19-,20-,21-/m00/s1. The number of carbonyl (C=O) groups is 6. The summed E-state index contributed by atoms with van der Waals surface area (Å²) in [7, 11) is 0. The fraction of sp³-hybridized carbons (Fsp3) is 0.667. The monoisotopic (exact) mass is 716 g/mol. The third kappa shape index (κ3) is 4.82. The van der Waals surface area contributed by atoms with Crippen LogP contribution in [0.2, 0.25) is 0 Å². The second-order valence-electron chi connectivity index (χ2n) is 18.0. The van der Waals surface area contributed by atoms with E-state index in [-0.39, 0.29) is 71.5 Å².